The third-order valence-corrected chi connectivity index (χ3v) is 5.50. The highest BCUT2D eigenvalue weighted by Crippen LogP contribution is 2.34. The van der Waals surface area contributed by atoms with Crippen molar-refractivity contribution in [2.24, 2.45) is 7.05 Å². The summed E-state index contributed by atoms with van der Waals surface area (Å²) in [5.74, 6) is -0.251. The van der Waals surface area contributed by atoms with Crippen molar-refractivity contribution in [2.45, 2.75) is 0 Å². The van der Waals surface area contributed by atoms with Crippen LogP contribution >= 0.6 is 0 Å². The maximum Gasteiger partial charge on any atom is 0.123 e. The van der Waals surface area contributed by atoms with Crippen LogP contribution in [0.2, 0.25) is 0 Å². The summed E-state index contributed by atoms with van der Waals surface area (Å²) in [6.07, 6.45) is 5.51. The number of aromatic amines is 2. The molecule has 0 aliphatic heterocycles. The Morgan fingerprint density at radius 3 is 2.65 bits per heavy atom. The molecule has 6 nitrogen and oxygen atoms in total. The Morgan fingerprint density at radius 1 is 0.903 bits per heavy atom. The van der Waals surface area contributed by atoms with Gasteiger partial charge in [-0.05, 0) is 41.5 Å². The number of aryl methyl sites for hydroxylation is 1. The van der Waals surface area contributed by atoms with Crippen molar-refractivity contribution in [3.63, 3.8) is 0 Å². The highest BCUT2D eigenvalue weighted by atomic mass is 19.1. The summed E-state index contributed by atoms with van der Waals surface area (Å²) in [6.45, 7) is 0. The summed E-state index contributed by atoms with van der Waals surface area (Å²) in [4.78, 5) is 8.00. The fraction of sp³-hybridized carbons (Fsp3) is 0.0417. The van der Waals surface area contributed by atoms with Crippen molar-refractivity contribution in [3.05, 3.63) is 79.0 Å². The molecule has 31 heavy (non-hydrogen) atoms. The first-order valence-corrected chi connectivity index (χ1v) is 9.87. The molecule has 0 aliphatic rings. The number of halogens is 1. The van der Waals surface area contributed by atoms with Gasteiger partial charge in [-0.2, -0.15) is 10.2 Å². The molecule has 4 aromatic heterocycles. The summed E-state index contributed by atoms with van der Waals surface area (Å²) in [6, 6.07) is 16.7. The highest BCUT2D eigenvalue weighted by Gasteiger charge is 2.15. The fourth-order valence-corrected chi connectivity index (χ4v) is 4.02. The molecule has 0 radical (unpaired) electrons. The lowest BCUT2D eigenvalue weighted by Gasteiger charge is -2.03. The van der Waals surface area contributed by atoms with Gasteiger partial charge in [-0.1, -0.05) is 24.3 Å². The standard InChI is InChI=1S/C24H17FN6/c1-31-13-15(11-27-31)21-10-19-23(12-26-21)29-30-24(19)22-9-18-17(6-3-7-20(18)28-22)14-4-2-5-16(25)8-14/h2-13,28H,1H3,(H,29,30). The van der Waals surface area contributed by atoms with Crippen molar-refractivity contribution in [1.29, 1.82) is 0 Å². The van der Waals surface area contributed by atoms with E-state index in [4.69, 9.17) is 0 Å². The van der Waals surface area contributed by atoms with Gasteiger partial charge in [0.2, 0.25) is 0 Å². The largest absolute Gasteiger partial charge is 0.353 e. The SMILES string of the molecule is Cn1cc(-c2cc3c(-c4cc5c(-c6cccc(F)c6)cccc5[nH]4)n[nH]c3cn2)cn1. The first-order valence-electron chi connectivity index (χ1n) is 9.87. The van der Waals surface area contributed by atoms with Crippen molar-refractivity contribution < 1.29 is 4.39 Å². The maximum absolute atomic E-state index is 13.8. The second kappa shape index (κ2) is 6.63. The molecule has 0 fully saturated rings. The molecule has 0 spiro atoms. The number of nitrogens with zero attached hydrogens (tertiary/aromatic N) is 4. The number of hydrogen-bond acceptors (Lipinski definition) is 3. The molecule has 6 aromatic rings. The minimum Gasteiger partial charge on any atom is -0.353 e. The molecule has 0 unspecified atom stereocenters. The number of H-pyrrole nitrogens is 2. The van der Waals surface area contributed by atoms with Crippen LogP contribution in [-0.2, 0) is 7.05 Å². The maximum atomic E-state index is 13.8. The molecule has 0 saturated carbocycles. The van der Waals surface area contributed by atoms with Gasteiger partial charge in [-0.25, -0.2) is 4.39 Å². The third kappa shape index (κ3) is 2.90. The molecule has 0 amide bonds. The third-order valence-electron chi connectivity index (χ3n) is 5.50. The molecular formula is C24H17FN6. The highest BCUT2D eigenvalue weighted by molar-refractivity contribution is 6.01. The Balaban J connectivity index is 1.51. The number of benzene rings is 2. The molecule has 0 aliphatic carbocycles. The molecule has 0 saturated heterocycles. The van der Waals surface area contributed by atoms with Gasteiger partial charge in [-0.3, -0.25) is 14.8 Å². The Kier molecular flexibility index (Phi) is 3.76. The number of aromatic nitrogens is 6. The van der Waals surface area contributed by atoms with E-state index in [1.807, 2.05) is 43.6 Å². The van der Waals surface area contributed by atoms with Gasteiger partial charge in [0, 0.05) is 35.1 Å². The van der Waals surface area contributed by atoms with Gasteiger partial charge in [0.05, 0.1) is 29.3 Å². The van der Waals surface area contributed by atoms with Gasteiger partial charge >= 0.3 is 0 Å². The summed E-state index contributed by atoms with van der Waals surface area (Å²) in [5.41, 5.74) is 7.10. The van der Waals surface area contributed by atoms with E-state index in [0.717, 1.165) is 55.6 Å². The van der Waals surface area contributed by atoms with Gasteiger partial charge in [0.25, 0.3) is 0 Å². The lowest BCUT2D eigenvalue weighted by molar-refractivity contribution is 0.628. The number of hydrogen-bond donors (Lipinski definition) is 2. The minimum atomic E-state index is -0.251. The van der Waals surface area contributed by atoms with Crippen LogP contribution in [0.4, 0.5) is 4.39 Å². The van der Waals surface area contributed by atoms with E-state index in [9.17, 15) is 4.39 Å². The van der Waals surface area contributed by atoms with E-state index >= 15 is 0 Å². The van der Waals surface area contributed by atoms with Crippen LogP contribution in [0.15, 0.2) is 73.2 Å². The predicted octanol–water partition coefficient (Wildman–Crippen LogP) is 5.31. The number of rotatable bonds is 3. The number of pyridine rings is 1. The molecule has 6 rings (SSSR count). The topological polar surface area (TPSA) is 75.2 Å². The van der Waals surface area contributed by atoms with Crippen LogP contribution in [0.3, 0.4) is 0 Å². The Morgan fingerprint density at radius 2 is 1.81 bits per heavy atom. The fourth-order valence-electron chi connectivity index (χ4n) is 4.02. The normalized spacial score (nSPS) is 11.5. The Bertz CT molecular complexity index is 1570. The molecule has 4 heterocycles. The van der Waals surface area contributed by atoms with Crippen LogP contribution in [0.5, 0.6) is 0 Å². The first-order chi connectivity index (χ1) is 15.2. The predicted molar refractivity (Wildman–Crippen MR) is 119 cm³/mol. The van der Waals surface area contributed by atoms with Crippen LogP contribution in [-0.4, -0.2) is 29.9 Å². The average Bonchev–Trinajstić information content (AvgIpc) is 3.50. The molecular weight excluding hydrogens is 391 g/mol. The van der Waals surface area contributed by atoms with Crippen LogP contribution < -0.4 is 0 Å². The summed E-state index contributed by atoms with van der Waals surface area (Å²) >= 11 is 0. The van der Waals surface area contributed by atoms with E-state index in [2.05, 4.69) is 31.3 Å². The summed E-state index contributed by atoms with van der Waals surface area (Å²) in [7, 11) is 1.88. The summed E-state index contributed by atoms with van der Waals surface area (Å²) < 4.78 is 15.6. The molecule has 7 heteroatoms. The van der Waals surface area contributed by atoms with E-state index in [-0.39, 0.29) is 5.82 Å². The van der Waals surface area contributed by atoms with E-state index < -0.39 is 0 Å². The molecule has 0 bridgehead atoms. The lowest BCUT2D eigenvalue weighted by atomic mass is 10.0. The lowest BCUT2D eigenvalue weighted by Crippen LogP contribution is -1.85. The molecule has 2 N–H and O–H groups in total. The first kappa shape index (κ1) is 17.6. The smallest absolute Gasteiger partial charge is 0.123 e. The zero-order valence-corrected chi connectivity index (χ0v) is 16.6. The van der Waals surface area contributed by atoms with Crippen molar-refractivity contribution >= 4 is 21.8 Å². The Labute approximate surface area is 176 Å². The van der Waals surface area contributed by atoms with Gasteiger partial charge in [0.15, 0.2) is 0 Å². The second-order valence-electron chi connectivity index (χ2n) is 7.55. The van der Waals surface area contributed by atoms with Gasteiger partial charge in [0.1, 0.15) is 11.5 Å². The van der Waals surface area contributed by atoms with Gasteiger partial charge in [-0.15, -0.1) is 0 Å². The van der Waals surface area contributed by atoms with Crippen molar-refractivity contribution in [2.75, 3.05) is 0 Å². The average molecular weight is 408 g/mol. The van der Waals surface area contributed by atoms with Crippen LogP contribution in [0.1, 0.15) is 0 Å². The van der Waals surface area contributed by atoms with E-state index in [0.29, 0.717) is 0 Å². The van der Waals surface area contributed by atoms with Crippen LogP contribution in [0, 0.1) is 5.82 Å². The number of fused-ring (bicyclic) bond motifs is 2. The molecule has 0 atom stereocenters. The number of nitrogens with one attached hydrogen (secondary N) is 2. The Hall–Kier alpha value is -4.26. The molecule has 2 aromatic carbocycles. The van der Waals surface area contributed by atoms with Crippen LogP contribution in [0.25, 0.3) is 55.6 Å². The zero-order chi connectivity index (χ0) is 20.9. The van der Waals surface area contributed by atoms with Gasteiger partial charge < -0.3 is 4.98 Å². The monoisotopic (exact) mass is 408 g/mol. The van der Waals surface area contributed by atoms with E-state index in [1.165, 1.54) is 6.07 Å². The summed E-state index contributed by atoms with van der Waals surface area (Å²) in [5, 5.41) is 13.8. The molecule has 150 valence electrons. The van der Waals surface area contributed by atoms with Crippen molar-refractivity contribution in [1.82, 2.24) is 29.9 Å². The van der Waals surface area contributed by atoms with Crippen molar-refractivity contribution in [3.8, 4) is 33.8 Å². The minimum absolute atomic E-state index is 0.251. The zero-order valence-electron chi connectivity index (χ0n) is 16.6. The van der Waals surface area contributed by atoms with E-state index in [1.54, 1.807) is 29.2 Å². The quantitative estimate of drug-likeness (QED) is 0.417. The second-order valence-corrected chi connectivity index (χ2v) is 7.55.